The molecule has 0 aliphatic rings. The lowest BCUT2D eigenvalue weighted by molar-refractivity contribution is 1.32. The monoisotopic (exact) mass is 288 g/mol. The lowest BCUT2D eigenvalue weighted by Crippen LogP contribution is -2.36. The first kappa shape index (κ1) is 14.4. The van der Waals surface area contributed by atoms with E-state index >= 15 is 0 Å². The van der Waals surface area contributed by atoms with Crippen LogP contribution in [0.15, 0.2) is 36.4 Å². The third kappa shape index (κ3) is 2.93. The van der Waals surface area contributed by atoms with Gasteiger partial charge in [0, 0.05) is 0 Å². The highest BCUT2D eigenvalue weighted by molar-refractivity contribution is 7.26. The summed E-state index contributed by atoms with van der Waals surface area (Å²) in [4.78, 5) is 0. The third-order valence-corrected chi connectivity index (χ3v) is 5.84. The summed E-state index contributed by atoms with van der Waals surface area (Å²) in [7, 11) is -1.85. The second-order valence-electron chi connectivity index (χ2n) is 5.79. The summed E-state index contributed by atoms with van der Waals surface area (Å²) in [5, 5.41) is 1.33. The van der Waals surface area contributed by atoms with E-state index in [0.717, 1.165) is 0 Å². The Bertz CT molecular complexity index is 586. The van der Waals surface area contributed by atoms with E-state index in [2.05, 4.69) is 70.3 Å². The third-order valence-electron chi connectivity index (χ3n) is 3.51. The Morgan fingerprint density at radius 2 is 1.42 bits per heavy atom. The number of halogens is 1. The molecule has 0 spiro atoms. The molecule has 0 atom stereocenters. The minimum Gasteiger partial charge on any atom is -0.161 e. The molecule has 0 bridgehead atoms. The molecule has 0 saturated heterocycles. The van der Waals surface area contributed by atoms with E-state index in [9.17, 15) is 0 Å². The molecular formula is C17H21ClSi. The van der Waals surface area contributed by atoms with Gasteiger partial charge < -0.3 is 0 Å². The number of rotatable bonds is 2. The van der Waals surface area contributed by atoms with Gasteiger partial charge in [-0.1, -0.05) is 55.1 Å². The van der Waals surface area contributed by atoms with Gasteiger partial charge in [-0.2, -0.15) is 11.1 Å². The quantitative estimate of drug-likeness (QED) is 0.543. The van der Waals surface area contributed by atoms with Crippen LogP contribution in [0.25, 0.3) is 11.1 Å². The van der Waals surface area contributed by atoms with Gasteiger partial charge in [0.1, 0.15) is 0 Å². The molecule has 2 rings (SSSR count). The molecule has 0 fully saturated rings. The van der Waals surface area contributed by atoms with Crippen LogP contribution in [0.2, 0.25) is 13.1 Å². The van der Waals surface area contributed by atoms with Gasteiger partial charge in [-0.05, 0) is 48.2 Å². The van der Waals surface area contributed by atoms with Gasteiger partial charge in [-0.15, -0.1) is 0 Å². The van der Waals surface area contributed by atoms with Gasteiger partial charge in [0.15, 0.2) is 7.38 Å². The van der Waals surface area contributed by atoms with Crippen LogP contribution < -0.4 is 5.19 Å². The summed E-state index contributed by atoms with van der Waals surface area (Å²) in [6.45, 7) is 10.9. The lowest BCUT2D eigenvalue weighted by Gasteiger charge is -2.21. The highest BCUT2D eigenvalue weighted by Gasteiger charge is 2.24. The molecule has 0 radical (unpaired) electrons. The Morgan fingerprint density at radius 1 is 0.895 bits per heavy atom. The van der Waals surface area contributed by atoms with Crippen LogP contribution in [-0.4, -0.2) is 7.38 Å². The maximum absolute atomic E-state index is 6.69. The number of benzene rings is 2. The smallest absolute Gasteiger partial charge is 0.161 e. The zero-order chi connectivity index (χ0) is 14.2. The van der Waals surface area contributed by atoms with Crippen LogP contribution in [0.1, 0.15) is 16.7 Å². The van der Waals surface area contributed by atoms with Crippen LogP contribution in [-0.2, 0) is 0 Å². The maximum Gasteiger partial charge on any atom is 0.181 e. The fourth-order valence-corrected chi connectivity index (χ4v) is 4.66. The van der Waals surface area contributed by atoms with Crippen LogP contribution in [0.5, 0.6) is 0 Å². The van der Waals surface area contributed by atoms with Gasteiger partial charge in [0.05, 0.1) is 0 Å². The molecule has 0 aliphatic heterocycles. The van der Waals surface area contributed by atoms with E-state index < -0.39 is 7.38 Å². The molecule has 0 aromatic heterocycles. The minimum atomic E-state index is -1.85. The topological polar surface area (TPSA) is 0 Å². The summed E-state index contributed by atoms with van der Waals surface area (Å²) >= 11 is 6.69. The Morgan fingerprint density at radius 3 is 1.95 bits per heavy atom. The largest absolute Gasteiger partial charge is 0.181 e. The summed E-state index contributed by atoms with van der Waals surface area (Å²) in [6.07, 6.45) is 0. The number of aryl methyl sites for hydroxylation is 3. The van der Waals surface area contributed by atoms with E-state index in [0.29, 0.717) is 0 Å². The first-order valence-corrected chi connectivity index (χ1v) is 10.7. The van der Waals surface area contributed by atoms with Gasteiger partial charge in [-0.25, -0.2) is 0 Å². The Hall–Kier alpha value is -1.05. The van der Waals surface area contributed by atoms with Crippen LogP contribution in [0.4, 0.5) is 0 Å². The first-order valence-electron chi connectivity index (χ1n) is 6.67. The van der Waals surface area contributed by atoms with E-state index in [1.807, 2.05) is 0 Å². The van der Waals surface area contributed by atoms with Gasteiger partial charge in [-0.3, -0.25) is 0 Å². The minimum absolute atomic E-state index is 1.31. The molecule has 0 N–H and O–H groups in total. The second kappa shape index (κ2) is 5.14. The fourth-order valence-electron chi connectivity index (χ4n) is 2.82. The molecule has 0 saturated carbocycles. The Balaban J connectivity index is 2.74. The van der Waals surface area contributed by atoms with Gasteiger partial charge >= 0.3 is 0 Å². The number of hydrogen-bond acceptors (Lipinski definition) is 0. The molecule has 100 valence electrons. The average Bonchev–Trinajstić information content (AvgIpc) is 2.26. The van der Waals surface area contributed by atoms with Crippen molar-refractivity contribution in [2.75, 3.05) is 0 Å². The molecule has 0 unspecified atom stereocenters. The summed E-state index contributed by atoms with van der Waals surface area (Å²) < 4.78 is 0. The summed E-state index contributed by atoms with van der Waals surface area (Å²) in [5.74, 6) is 0. The van der Waals surface area contributed by atoms with Gasteiger partial charge in [0.25, 0.3) is 0 Å². The van der Waals surface area contributed by atoms with Gasteiger partial charge in [0.2, 0.25) is 0 Å². The second-order valence-corrected chi connectivity index (χ2v) is 12.1. The molecule has 19 heavy (non-hydrogen) atoms. The zero-order valence-electron chi connectivity index (χ0n) is 12.3. The summed E-state index contributed by atoms with van der Waals surface area (Å²) in [5.41, 5.74) is 6.64. The highest BCUT2D eigenvalue weighted by atomic mass is 35.6. The van der Waals surface area contributed by atoms with Crippen molar-refractivity contribution in [3.63, 3.8) is 0 Å². The predicted molar refractivity (Wildman–Crippen MR) is 89.1 cm³/mol. The predicted octanol–water partition coefficient (Wildman–Crippen LogP) is 4.93. The Labute approximate surface area is 122 Å². The lowest BCUT2D eigenvalue weighted by atomic mass is 9.94. The van der Waals surface area contributed by atoms with E-state index in [-0.39, 0.29) is 0 Å². The van der Waals surface area contributed by atoms with Crippen molar-refractivity contribution in [1.29, 1.82) is 0 Å². The molecule has 0 heterocycles. The first-order chi connectivity index (χ1) is 8.80. The molecule has 0 aliphatic carbocycles. The standard InChI is InChI=1S/C17H21ClSi/c1-12-10-13(2)17(14(3)11-12)15-8-6-7-9-16(15)19(4,5)18/h6-11H,1-5H3. The van der Waals surface area contributed by atoms with Crippen molar-refractivity contribution in [3.05, 3.63) is 53.1 Å². The SMILES string of the molecule is Cc1cc(C)c(-c2ccccc2[Si](C)(C)Cl)c(C)c1. The normalized spacial score (nSPS) is 11.7. The van der Waals surface area contributed by atoms with E-state index in [4.69, 9.17) is 11.1 Å². The van der Waals surface area contributed by atoms with Crippen molar-refractivity contribution in [3.8, 4) is 11.1 Å². The molecule has 0 amide bonds. The van der Waals surface area contributed by atoms with Crippen molar-refractivity contribution < 1.29 is 0 Å². The van der Waals surface area contributed by atoms with Crippen LogP contribution >= 0.6 is 11.1 Å². The average molecular weight is 289 g/mol. The van der Waals surface area contributed by atoms with Crippen molar-refractivity contribution >= 4 is 23.6 Å². The van der Waals surface area contributed by atoms with E-state index in [1.54, 1.807) is 0 Å². The zero-order valence-corrected chi connectivity index (χ0v) is 14.1. The van der Waals surface area contributed by atoms with Crippen LogP contribution in [0.3, 0.4) is 0 Å². The molecular weight excluding hydrogens is 268 g/mol. The van der Waals surface area contributed by atoms with Crippen molar-refractivity contribution in [1.82, 2.24) is 0 Å². The fraction of sp³-hybridized carbons (Fsp3) is 0.294. The Kier molecular flexibility index (Phi) is 3.89. The van der Waals surface area contributed by atoms with E-state index in [1.165, 1.54) is 33.0 Å². The van der Waals surface area contributed by atoms with Crippen molar-refractivity contribution in [2.24, 2.45) is 0 Å². The molecule has 0 nitrogen and oxygen atoms in total. The van der Waals surface area contributed by atoms with Crippen LogP contribution in [0, 0.1) is 20.8 Å². The maximum atomic E-state index is 6.69. The summed E-state index contributed by atoms with van der Waals surface area (Å²) in [6, 6.07) is 13.1. The molecule has 2 heteroatoms. The highest BCUT2D eigenvalue weighted by Crippen LogP contribution is 2.29. The van der Waals surface area contributed by atoms with Crippen molar-refractivity contribution in [2.45, 2.75) is 33.9 Å². The molecule has 2 aromatic rings. The number of hydrogen-bond donors (Lipinski definition) is 0. The molecule has 2 aromatic carbocycles.